The Bertz CT molecular complexity index is 1010. The summed E-state index contributed by atoms with van der Waals surface area (Å²) in [5, 5.41) is 10.9. The highest BCUT2D eigenvalue weighted by Crippen LogP contribution is 2.30. The molecule has 10 heteroatoms. The number of rotatable bonds is 6. The molecule has 0 radical (unpaired) electrons. The van der Waals surface area contributed by atoms with Crippen molar-refractivity contribution >= 4 is 5.91 Å². The third-order valence-electron chi connectivity index (χ3n) is 5.75. The van der Waals surface area contributed by atoms with Crippen molar-refractivity contribution in [2.45, 2.75) is 44.3 Å². The minimum Gasteiger partial charge on any atom is -0.343 e. The van der Waals surface area contributed by atoms with Gasteiger partial charge in [0.15, 0.2) is 0 Å². The van der Waals surface area contributed by atoms with E-state index >= 15 is 0 Å². The lowest BCUT2D eigenvalue weighted by Crippen LogP contribution is -2.38. The Morgan fingerprint density at radius 2 is 1.75 bits per heavy atom. The number of aromatic nitrogens is 5. The van der Waals surface area contributed by atoms with Gasteiger partial charge in [0.1, 0.15) is 6.33 Å². The van der Waals surface area contributed by atoms with Crippen molar-refractivity contribution in [3.63, 3.8) is 0 Å². The normalized spacial score (nSPS) is 15.2. The average molecular weight is 444 g/mol. The van der Waals surface area contributed by atoms with Crippen molar-refractivity contribution in [2.24, 2.45) is 0 Å². The van der Waals surface area contributed by atoms with E-state index in [4.69, 9.17) is 0 Å². The SMILES string of the molecule is O=C(CCn1cnnn1)N1CCC(c2ccc(Cc3ccc(C(F)(F)F)cc3)cn2)CC1. The molecule has 1 aromatic carbocycles. The monoisotopic (exact) mass is 444 g/mol. The molecule has 3 heterocycles. The second-order valence-corrected chi connectivity index (χ2v) is 7.94. The van der Waals surface area contributed by atoms with E-state index < -0.39 is 11.7 Å². The van der Waals surface area contributed by atoms with Crippen LogP contribution in [0.25, 0.3) is 0 Å². The van der Waals surface area contributed by atoms with Crippen LogP contribution in [0.5, 0.6) is 0 Å². The number of carbonyl (C=O) groups is 1. The van der Waals surface area contributed by atoms with Gasteiger partial charge in [0.05, 0.1) is 12.1 Å². The Morgan fingerprint density at radius 3 is 2.34 bits per heavy atom. The number of piperidine rings is 1. The number of hydrogen-bond donors (Lipinski definition) is 0. The number of halogens is 3. The van der Waals surface area contributed by atoms with Crippen LogP contribution in [0.15, 0.2) is 48.9 Å². The minimum absolute atomic E-state index is 0.0961. The molecule has 3 aromatic rings. The van der Waals surface area contributed by atoms with Gasteiger partial charge in [-0.1, -0.05) is 18.2 Å². The second kappa shape index (κ2) is 9.46. The predicted molar refractivity (Wildman–Crippen MR) is 109 cm³/mol. The molecule has 0 saturated carbocycles. The van der Waals surface area contributed by atoms with Gasteiger partial charge in [-0.25, -0.2) is 4.68 Å². The molecule has 0 bridgehead atoms. The number of nitrogens with zero attached hydrogens (tertiary/aromatic N) is 6. The van der Waals surface area contributed by atoms with Gasteiger partial charge in [-0.2, -0.15) is 13.2 Å². The topological polar surface area (TPSA) is 76.8 Å². The van der Waals surface area contributed by atoms with E-state index in [1.165, 1.54) is 18.5 Å². The Balaban J connectivity index is 1.27. The number of hydrogen-bond acceptors (Lipinski definition) is 5. The molecule has 0 spiro atoms. The van der Waals surface area contributed by atoms with Crippen LogP contribution in [0.1, 0.15) is 47.6 Å². The van der Waals surface area contributed by atoms with Gasteiger partial charge in [0.25, 0.3) is 0 Å². The largest absolute Gasteiger partial charge is 0.416 e. The maximum atomic E-state index is 12.7. The molecule has 1 amide bonds. The van der Waals surface area contributed by atoms with Crippen LogP contribution in [0.4, 0.5) is 13.2 Å². The zero-order chi connectivity index (χ0) is 22.6. The van der Waals surface area contributed by atoms with Crippen molar-refractivity contribution in [3.8, 4) is 0 Å². The van der Waals surface area contributed by atoms with Crippen LogP contribution in [0.3, 0.4) is 0 Å². The molecular weight excluding hydrogens is 421 g/mol. The van der Waals surface area contributed by atoms with Gasteiger partial charge in [0.2, 0.25) is 5.91 Å². The first-order valence-corrected chi connectivity index (χ1v) is 10.5. The number of benzene rings is 1. The number of carbonyl (C=O) groups excluding carboxylic acids is 1. The summed E-state index contributed by atoms with van der Waals surface area (Å²) in [4.78, 5) is 18.9. The first-order valence-electron chi connectivity index (χ1n) is 10.5. The van der Waals surface area contributed by atoms with E-state index in [2.05, 4.69) is 20.5 Å². The zero-order valence-corrected chi connectivity index (χ0v) is 17.4. The number of likely N-dealkylation sites (tertiary alicyclic amines) is 1. The summed E-state index contributed by atoms with van der Waals surface area (Å²) >= 11 is 0. The van der Waals surface area contributed by atoms with Crippen molar-refractivity contribution in [1.82, 2.24) is 30.1 Å². The molecule has 168 valence electrons. The summed E-state index contributed by atoms with van der Waals surface area (Å²) in [6, 6.07) is 9.18. The lowest BCUT2D eigenvalue weighted by molar-refractivity contribution is -0.137. The van der Waals surface area contributed by atoms with Gasteiger partial charge in [-0.3, -0.25) is 9.78 Å². The molecule has 0 N–H and O–H groups in total. The lowest BCUT2D eigenvalue weighted by atomic mass is 9.92. The fourth-order valence-electron chi connectivity index (χ4n) is 3.90. The lowest BCUT2D eigenvalue weighted by Gasteiger charge is -2.31. The number of tetrazole rings is 1. The van der Waals surface area contributed by atoms with Gasteiger partial charge >= 0.3 is 6.18 Å². The quantitative estimate of drug-likeness (QED) is 0.582. The molecule has 7 nitrogen and oxygen atoms in total. The Morgan fingerprint density at radius 1 is 1.03 bits per heavy atom. The van der Waals surface area contributed by atoms with Crippen molar-refractivity contribution in [3.05, 3.63) is 71.3 Å². The first-order chi connectivity index (χ1) is 15.4. The molecule has 32 heavy (non-hydrogen) atoms. The van der Waals surface area contributed by atoms with Crippen LogP contribution in [0.2, 0.25) is 0 Å². The summed E-state index contributed by atoms with van der Waals surface area (Å²) < 4.78 is 39.6. The molecule has 2 aromatic heterocycles. The highest BCUT2D eigenvalue weighted by molar-refractivity contribution is 5.76. The van der Waals surface area contributed by atoms with Gasteiger partial charge in [0, 0.05) is 37.3 Å². The predicted octanol–water partition coefficient (Wildman–Crippen LogP) is 3.47. The van der Waals surface area contributed by atoms with Gasteiger partial charge in [-0.15, -0.1) is 5.10 Å². The smallest absolute Gasteiger partial charge is 0.343 e. The third kappa shape index (κ3) is 5.49. The Labute approximate surface area is 183 Å². The molecule has 0 atom stereocenters. The molecule has 1 fully saturated rings. The third-order valence-corrected chi connectivity index (χ3v) is 5.75. The Hall–Kier alpha value is -3.30. The van der Waals surface area contributed by atoms with Crippen LogP contribution in [0, 0.1) is 0 Å². The summed E-state index contributed by atoms with van der Waals surface area (Å²) in [5.41, 5.74) is 2.10. The summed E-state index contributed by atoms with van der Waals surface area (Å²) in [6.07, 6.45) is 1.55. The highest BCUT2D eigenvalue weighted by atomic mass is 19.4. The molecule has 1 aliphatic heterocycles. The molecular formula is C22H23F3N6O. The Kier molecular flexibility index (Phi) is 6.48. The molecule has 0 unspecified atom stereocenters. The fraction of sp³-hybridized carbons (Fsp3) is 0.409. The first kappa shape index (κ1) is 21.9. The zero-order valence-electron chi connectivity index (χ0n) is 17.4. The average Bonchev–Trinajstić information content (AvgIpc) is 3.32. The number of aryl methyl sites for hydroxylation is 1. The van der Waals surface area contributed by atoms with E-state index in [1.54, 1.807) is 10.9 Å². The maximum absolute atomic E-state index is 12.7. The van der Waals surface area contributed by atoms with Crippen LogP contribution < -0.4 is 0 Å². The van der Waals surface area contributed by atoms with Gasteiger partial charge in [-0.05, 0) is 59.0 Å². The number of alkyl halides is 3. The fourth-order valence-corrected chi connectivity index (χ4v) is 3.90. The molecule has 0 aliphatic carbocycles. The van der Waals surface area contributed by atoms with Crippen LogP contribution >= 0.6 is 0 Å². The standard InChI is InChI=1S/C22H23F3N6O/c23-22(24,25)19-4-1-16(2-5-19)13-17-3-6-20(26-14-17)18-7-10-30(11-8-18)21(32)9-12-31-15-27-28-29-31/h1-6,14-15,18H,7-13H2. The van der Waals surface area contributed by atoms with E-state index in [9.17, 15) is 18.0 Å². The van der Waals surface area contributed by atoms with Crippen molar-refractivity contribution in [2.75, 3.05) is 13.1 Å². The van der Waals surface area contributed by atoms with Crippen LogP contribution in [-0.4, -0.2) is 49.1 Å². The van der Waals surface area contributed by atoms with Crippen LogP contribution in [-0.2, 0) is 23.9 Å². The van der Waals surface area contributed by atoms with Gasteiger partial charge < -0.3 is 4.90 Å². The highest BCUT2D eigenvalue weighted by Gasteiger charge is 2.30. The van der Waals surface area contributed by atoms with Crippen molar-refractivity contribution < 1.29 is 18.0 Å². The number of pyridine rings is 1. The van der Waals surface area contributed by atoms with Crippen molar-refractivity contribution in [1.29, 1.82) is 0 Å². The summed E-state index contributed by atoms with van der Waals surface area (Å²) in [6.45, 7) is 1.84. The van der Waals surface area contributed by atoms with E-state index in [0.29, 0.717) is 38.4 Å². The molecule has 1 aliphatic rings. The van der Waals surface area contributed by atoms with E-state index in [0.717, 1.165) is 41.8 Å². The van der Waals surface area contributed by atoms with E-state index in [-0.39, 0.29) is 5.91 Å². The summed E-state index contributed by atoms with van der Waals surface area (Å²) in [5.74, 6) is 0.387. The maximum Gasteiger partial charge on any atom is 0.416 e. The van der Waals surface area contributed by atoms with E-state index in [1.807, 2.05) is 17.0 Å². The molecule has 1 saturated heterocycles. The number of amides is 1. The second-order valence-electron chi connectivity index (χ2n) is 7.94. The molecule has 4 rings (SSSR count). The summed E-state index contributed by atoms with van der Waals surface area (Å²) in [7, 11) is 0. The minimum atomic E-state index is -4.32.